The number of hydrogen-bond acceptors (Lipinski definition) is 10. The maximum atomic E-state index is 12.4. The number of fused-ring (bicyclic) bond motifs is 1. The van der Waals surface area contributed by atoms with Gasteiger partial charge < -0.3 is 23.9 Å². The molecule has 0 unspecified atom stereocenters. The first-order valence-corrected chi connectivity index (χ1v) is 11.1. The lowest BCUT2D eigenvalue weighted by molar-refractivity contribution is -0.147. The summed E-state index contributed by atoms with van der Waals surface area (Å²) in [6, 6.07) is 6.56. The number of rotatable bonds is 9. The maximum absolute atomic E-state index is 12.4. The van der Waals surface area contributed by atoms with Crippen molar-refractivity contribution in [3.8, 4) is 0 Å². The molecule has 3 rings (SSSR count). The van der Waals surface area contributed by atoms with E-state index in [1.54, 1.807) is 38.1 Å². The van der Waals surface area contributed by atoms with Crippen LogP contribution in [0, 0.1) is 6.92 Å². The molecule has 1 amide bonds. The highest BCUT2D eigenvalue weighted by molar-refractivity contribution is 7.18. The molecule has 1 aromatic carbocycles. The minimum Gasteiger partial charge on any atom is -0.462 e. The molecule has 2 heterocycles. The number of ether oxygens (including phenoxy) is 3. The number of hydrogen-bond donors (Lipinski definition) is 1. The summed E-state index contributed by atoms with van der Waals surface area (Å²) in [5.41, 5.74) is 1.05. The van der Waals surface area contributed by atoms with Gasteiger partial charge in [-0.3, -0.25) is 14.2 Å². The molecular weight excluding hydrogens is 468 g/mol. The average molecular weight is 490 g/mol. The molecule has 0 saturated carbocycles. The van der Waals surface area contributed by atoms with E-state index in [9.17, 15) is 24.0 Å². The quantitative estimate of drug-likeness (QED) is 0.353. The zero-order chi connectivity index (χ0) is 24.8. The Morgan fingerprint density at radius 1 is 1.03 bits per heavy atom. The van der Waals surface area contributed by atoms with Crippen LogP contribution < -0.4 is 11.1 Å². The molecule has 0 fully saturated rings. The molecule has 1 N–H and O–H groups in total. The van der Waals surface area contributed by atoms with Crippen LogP contribution in [0.4, 0.5) is 5.00 Å². The molecule has 0 aliphatic carbocycles. The van der Waals surface area contributed by atoms with Gasteiger partial charge in [0.1, 0.15) is 16.4 Å². The van der Waals surface area contributed by atoms with Gasteiger partial charge in [0, 0.05) is 0 Å². The summed E-state index contributed by atoms with van der Waals surface area (Å²) >= 11 is 0.852. The van der Waals surface area contributed by atoms with E-state index in [1.165, 1.54) is 6.92 Å². The van der Waals surface area contributed by atoms with Gasteiger partial charge in [-0.1, -0.05) is 12.1 Å². The third-order valence-electron chi connectivity index (χ3n) is 4.57. The second kappa shape index (κ2) is 10.8. The molecule has 0 spiro atoms. The fourth-order valence-corrected chi connectivity index (χ4v) is 4.19. The summed E-state index contributed by atoms with van der Waals surface area (Å²) in [6.07, 6.45) is 0. The summed E-state index contributed by atoms with van der Waals surface area (Å²) < 4.78 is 21.1. The van der Waals surface area contributed by atoms with Crippen LogP contribution >= 0.6 is 11.3 Å². The third kappa shape index (κ3) is 5.34. The molecule has 34 heavy (non-hydrogen) atoms. The molecule has 180 valence electrons. The molecule has 0 aliphatic heterocycles. The van der Waals surface area contributed by atoms with E-state index in [1.807, 2.05) is 0 Å². The van der Waals surface area contributed by atoms with Crippen molar-refractivity contribution >= 4 is 51.3 Å². The molecule has 3 aromatic rings. The van der Waals surface area contributed by atoms with Crippen LogP contribution in [0.1, 0.15) is 39.4 Å². The highest BCUT2D eigenvalue weighted by Crippen LogP contribution is 2.34. The normalized spacial score (nSPS) is 10.7. The van der Waals surface area contributed by atoms with Crippen LogP contribution in [0.5, 0.6) is 0 Å². The number of nitrogens with zero attached hydrogens (tertiary/aromatic N) is 1. The number of oxazole rings is 1. The van der Waals surface area contributed by atoms with E-state index in [0.29, 0.717) is 16.7 Å². The highest BCUT2D eigenvalue weighted by atomic mass is 32.1. The third-order valence-corrected chi connectivity index (χ3v) is 5.75. The summed E-state index contributed by atoms with van der Waals surface area (Å²) in [5, 5.41) is 2.54. The molecule has 2 aromatic heterocycles. The highest BCUT2D eigenvalue weighted by Gasteiger charge is 2.27. The number of amides is 1. The van der Waals surface area contributed by atoms with E-state index in [-0.39, 0.29) is 28.7 Å². The summed E-state index contributed by atoms with van der Waals surface area (Å²) in [5.74, 6) is -3.68. The van der Waals surface area contributed by atoms with E-state index in [4.69, 9.17) is 18.6 Å². The van der Waals surface area contributed by atoms with Crippen LogP contribution in [0.3, 0.4) is 0 Å². The molecule has 11 nitrogen and oxygen atoms in total. The Morgan fingerprint density at radius 2 is 1.71 bits per heavy atom. The van der Waals surface area contributed by atoms with Crippen molar-refractivity contribution in [1.29, 1.82) is 0 Å². The van der Waals surface area contributed by atoms with Crippen molar-refractivity contribution in [3.63, 3.8) is 0 Å². The van der Waals surface area contributed by atoms with Crippen LogP contribution in [0.2, 0.25) is 0 Å². The van der Waals surface area contributed by atoms with Crippen molar-refractivity contribution in [2.24, 2.45) is 0 Å². The van der Waals surface area contributed by atoms with Gasteiger partial charge in [0.05, 0.1) is 24.3 Å². The summed E-state index contributed by atoms with van der Waals surface area (Å²) in [7, 11) is 0. The lowest BCUT2D eigenvalue weighted by Crippen LogP contribution is -2.26. The van der Waals surface area contributed by atoms with Gasteiger partial charge in [0.2, 0.25) is 0 Å². The van der Waals surface area contributed by atoms with E-state index >= 15 is 0 Å². The number of benzene rings is 1. The molecular formula is C22H22N2O9S. The van der Waals surface area contributed by atoms with Gasteiger partial charge in [-0.05, 0) is 38.5 Å². The average Bonchev–Trinajstić information content (AvgIpc) is 3.28. The largest absolute Gasteiger partial charge is 0.462 e. The molecule has 0 radical (unpaired) electrons. The second-order valence-corrected chi connectivity index (χ2v) is 7.85. The van der Waals surface area contributed by atoms with Gasteiger partial charge in [-0.15, -0.1) is 11.3 Å². The predicted molar refractivity (Wildman–Crippen MR) is 121 cm³/mol. The van der Waals surface area contributed by atoms with Crippen LogP contribution in [0.15, 0.2) is 33.5 Å². The van der Waals surface area contributed by atoms with Crippen molar-refractivity contribution in [3.05, 3.63) is 50.8 Å². The minimum absolute atomic E-state index is 0.0194. The van der Waals surface area contributed by atoms with E-state index in [2.05, 4.69) is 5.32 Å². The Morgan fingerprint density at radius 3 is 2.41 bits per heavy atom. The van der Waals surface area contributed by atoms with Crippen molar-refractivity contribution in [2.45, 2.75) is 27.3 Å². The Labute approximate surface area is 197 Å². The van der Waals surface area contributed by atoms with Gasteiger partial charge in [0.25, 0.3) is 5.91 Å². The van der Waals surface area contributed by atoms with Crippen molar-refractivity contribution < 1.29 is 37.8 Å². The number of aromatic nitrogens is 1. The number of carbonyl (C=O) groups is 4. The Balaban J connectivity index is 1.70. The molecule has 0 atom stereocenters. The van der Waals surface area contributed by atoms with Crippen LogP contribution in [-0.4, -0.2) is 48.2 Å². The fourth-order valence-electron chi connectivity index (χ4n) is 3.09. The predicted octanol–water partition coefficient (Wildman–Crippen LogP) is 2.50. The van der Waals surface area contributed by atoms with Gasteiger partial charge in [0.15, 0.2) is 12.2 Å². The Hall–Kier alpha value is -3.93. The van der Waals surface area contributed by atoms with Gasteiger partial charge in [-0.2, -0.15) is 0 Å². The SMILES string of the molecule is CCOC(=O)c1sc(NC(=O)COC(=O)Cn2c(=O)oc3ccccc32)c(C(=O)OCC)c1C. The molecule has 0 bridgehead atoms. The maximum Gasteiger partial charge on any atom is 0.420 e. The first-order valence-electron chi connectivity index (χ1n) is 10.3. The second-order valence-electron chi connectivity index (χ2n) is 6.83. The molecule has 12 heteroatoms. The van der Waals surface area contributed by atoms with Crippen molar-refractivity contribution in [1.82, 2.24) is 4.57 Å². The van der Waals surface area contributed by atoms with E-state index < -0.39 is 42.7 Å². The number of carbonyl (C=O) groups excluding carboxylic acids is 4. The molecule has 0 saturated heterocycles. The standard InChI is InChI=1S/C22H22N2O9S/c1-4-30-20(27)17-12(3)18(21(28)31-5-2)34-19(17)23-15(25)11-32-16(26)10-24-13-8-6-7-9-14(13)33-22(24)29/h6-9H,4-5,10-11H2,1-3H3,(H,23,25). The van der Waals surface area contributed by atoms with Gasteiger partial charge in [-0.25, -0.2) is 14.4 Å². The van der Waals surface area contributed by atoms with Crippen LogP contribution in [0.25, 0.3) is 11.1 Å². The zero-order valence-corrected chi connectivity index (χ0v) is 19.5. The first kappa shape index (κ1) is 24.7. The smallest absolute Gasteiger partial charge is 0.420 e. The van der Waals surface area contributed by atoms with Crippen LogP contribution in [-0.2, 0) is 30.3 Å². The Bertz CT molecular complexity index is 1300. The number of esters is 3. The zero-order valence-electron chi connectivity index (χ0n) is 18.7. The lowest BCUT2D eigenvalue weighted by Gasteiger charge is -2.08. The lowest BCUT2D eigenvalue weighted by atomic mass is 10.1. The fraction of sp³-hybridized carbons (Fsp3) is 0.318. The number of para-hydroxylation sites is 2. The van der Waals surface area contributed by atoms with Gasteiger partial charge >= 0.3 is 23.7 Å². The topological polar surface area (TPSA) is 143 Å². The summed E-state index contributed by atoms with van der Waals surface area (Å²) in [6.45, 7) is 3.90. The first-order chi connectivity index (χ1) is 16.3. The summed E-state index contributed by atoms with van der Waals surface area (Å²) in [4.78, 5) is 61.3. The number of thiophene rings is 1. The molecule has 0 aliphatic rings. The number of anilines is 1. The Kier molecular flexibility index (Phi) is 7.84. The number of nitrogens with one attached hydrogen (secondary N) is 1. The van der Waals surface area contributed by atoms with E-state index in [0.717, 1.165) is 15.9 Å². The minimum atomic E-state index is -0.844. The monoisotopic (exact) mass is 490 g/mol. The van der Waals surface area contributed by atoms with Crippen molar-refractivity contribution in [2.75, 3.05) is 25.1 Å².